The van der Waals surface area contributed by atoms with Gasteiger partial charge < -0.3 is 21.6 Å². The highest BCUT2D eigenvalue weighted by Gasteiger charge is 2.34. The number of rotatable bonds is 5. The number of halogens is 3. The first-order chi connectivity index (χ1) is 8.21. The molecular weight excluding hydrogens is 253 g/mol. The van der Waals surface area contributed by atoms with E-state index < -0.39 is 29.9 Å². The molecule has 0 aliphatic rings. The number of alkyl halides is 3. The van der Waals surface area contributed by atoms with E-state index in [9.17, 15) is 23.1 Å². The average Bonchev–Trinajstić information content (AvgIpc) is 2.73. The number of hydrogen-bond donors (Lipinski definition) is 4. The Kier molecular flexibility index (Phi) is 4.30. The highest BCUT2D eigenvalue weighted by Crippen LogP contribution is 2.28. The van der Waals surface area contributed by atoms with Crippen molar-refractivity contribution in [3.05, 3.63) is 17.7 Å². The summed E-state index contributed by atoms with van der Waals surface area (Å²) in [4.78, 5) is 15.9. The van der Waals surface area contributed by atoms with Gasteiger partial charge in [0.2, 0.25) is 5.91 Å². The normalized spacial score (nSPS) is 15.4. The third-order valence-electron chi connectivity index (χ3n) is 2.31. The number of carbonyl (C=O) groups excluding carboxylic acids is 1. The summed E-state index contributed by atoms with van der Waals surface area (Å²) >= 11 is 0. The summed E-state index contributed by atoms with van der Waals surface area (Å²) in [5.41, 5.74) is 9.34. The number of aromatic nitrogens is 2. The van der Waals surface area contributed by atoms with Gasteiger partial charge in [-0.3, -0.25) is 4.79 Å². The fourth-order valence-electron chi connectivity index (χ4n) is 1.30. The van der Waals surface area contributed by atoms with Crippen LogP contribution >= 0.6 is 0 Å². The van der Waals surface area contributed by atoms with Crippen molar-refractivity contribution in [3.8, 4) is 0 Å². The molecule has 0 aromatic carbocycles. The third-order valence-corrected chi connectivity index (χ3v) is 2.31. The van der Waals surface area contributed by atoms with Gasteiger partial charge >= 0.3 is 6.18 Å². The van der Waals surface area contributed by atoms with E-state index in [2.05, 4.69) is 4.98 Å². The molecule has 6 nitrogen and oxygen atoms in total. The third kappa shape index (κ3) is 3.70. The molecule has 0 radical (unpaired) electrons. The zero-order valence-corrected chi connectivity index (χ0v) is 9.24. The van der Waals surface area contributed by atoms with Crippen molar-refractivity contribution in [2.45, 2.75) is 31.2 Å². The summed E-state index contributed by atoms with van der Waals surface area (Å²) in [7, 11) is 0. The minimum absolute atomic E-state index is 0.0541. The van der Waals surface area contributed by atoms with Crippen molar-refractivity contribution in [3.63, 3.8) is 0 Å². The number of imidazole rings is 1. The predicted molar refractivity (Wildman–Crippen MR) is 55.0 cm³/mol. The Bertz CT molecular complexity index is 418. The van der Waals surface area contributed by atoms with E-state index in [0.29, 0.717) is 6.20 Å². The molecule has 1 aromatic rings. The van der Waals surface area contributed by atoms with Gasteiger partial charge in [0.1, 0.15) is 17.6 Å². The van der Waals surface area contributed by atoms with Gasteiger partial charge in [0.15, 0.2) is 0 Å². The molecule has 102 valence electrons. The molecule has 1 aromatic heterocycles. The molecule has 0 saturated carbocycles. The number of nitrogens with one attached hydrogen (secondary N) is 1. The molecule has 2 atom stereocenters. The van der Waals surface area contributed by atoms with Crippen LogP contribution in [0.25, 0.3) is 0 Å². The molecule has 9 heteroatoms. The van der Waals surface area contributed by atoms with Crippen molar-refractivity contribution in [2.24, 2.45) is 11.5 Å². The van der Waals surface area contributed by atoms with Crippen LogP contribution in [-0.2, 0) is 11.0 Å². The molecule has 1 heterocycles. The number of aromatic amines is 1. The largest absolute Gasteiger partial charge is 0.432 e. The number of aliphatic hydroxyl groups excluding tert-OH is 1. The van der Waals surface area contributed by atoms with Crippen LogP contribution in [0.1, 0.15) is 30.5 Å². The van der Waals surface area contributed by atoms with Gasteiger partial charge in [0.05, 0.1) is 6.20 Å². The van der Waals surface area contributed by atoms with Crippen LogP contribution in [0, 0.1) is 0 Å². The van der Waals surface area contributed by atoms with Crippen molar-refractivity contribution in [1.82, 2.24) is 9.97 Å². The lowest BCUT2D eigenvalue weighted by Crippen LogP contribution is -2.30. The zero-order valence-electron chi connectivity index (χ0n) is 9.24. The number of nitrogens with two attached hydrogens (primary N) is 2. The summed E-state index contributed by atoms with van der Waals surface area (Å²) in [6.45, 7) is 0. The smallest absolute Gasteiger partial charge is 0.384 e. The van der Waals surface area contributed by atoms with Gasteiger partial charge in [-0.1, -0.05) is 0 Å². The lowest BCUT2D eigenvalue weighted by Gasteiger charge is -2.16. The molecule has 6 N–H and O–H groups in total. The highest BCUT2D eigenvalue weighted by atomic mass is 19.4. The van der Waals surface area contributed by atoms with Gasteiger partial charge in [0, 0.05) is 12.5 Å². The summed E-state index contributed by atoms with van der Waals surface area (Å²) in [5, 5.41) is 9.64. The Morgan fingerprint density at radius 1 is 1.56 bits per heavy atom. The lowest BCUT2D eigenvalue weighted by atomic mass is 10.1. The molecule has 1 unspecified atom stereocenters. The average molecular weight is 266 g/mol. The summed E-state index contributed by atoms with van der Waals surface area (Å²) in [6, 6.07) is -0.926. The first-order valence-corrected chi connectivity index (χ1v) is 5.06. The van der Waals surface area contributed by atoms with E-state index in [1.165, 1.54) is 0 Å². The molecule has 1 rings (SSSR count). The number of nitrogens with zero attached hydrogens (tertiary/aromatic N) is 1. The fraction of sp³-hybridized carbons (Fsp3) is 0.556. The van der Waals surface area contributed by atoms with Gasteiger partial charge in [-0.05, 0) is 6.42 Å². The van der Waals surface area contributed by atoms with Gasteiger partial charge in [0.25, 0.3) is 0 Å². The minimum atomic E-state index is -4.57. The van der Waals surface area contributed by atoms with Crippen molar-refractivity contribution in [1.29, 1.82) is 0 Å². The fourth-order valence-corrected chi connectivity index (χ4v) is 1.30. The first-order valence-electron chi connectivity index (χ1n) is 5.06. The predicted octanol–water partition coefficient (Wildman–Crippen LogP) is 0.0547. The van der Waals surface area contributed by atoms with Crippen LogP contribution in [0.3, 0.4) is 0 Å². The molecule has 0 aliphatic carbocycles. The van der Waals surface area contributed by atoms with Crippen LogP contribution in [0.5, 0.6) is 0 Å². The maximum Gasteiger partial charge on any atom is 0.432 e. The second kappa shape index (κ2) is 5.36. The molecule has 0 aliphatic heterocycles. The number of aliphatic hydroxyl groups is 1. The van der Waals surface area contributed by atoms with Crippen LogP contribution in [0.4, 0.5) is 13.2 Å². The number of carbonyl (C=O) groups is 1. The quantitative estimate of drug-likeness (QED) is 0.602. The number of H-pyrrole nitrogens is 1. The number of amides is 1. The minimum Gasteiger partial charge on any atom is -0.384 e. The summed E-state index contributed by atoms with van der Waals surface area (Å²) in [5.74, 6) is -0.896. The van der Waals surface area contributed by atoms with E-state index in [-0.39, 0.29) is 18.7 Å². The van der Waals surface area contributed by atoms with E-state index in [4.69, 9.17) is 11.5 Å². The Hall–Kier alpha value is -1.61. The van der Waals surface area contributed by atoms with Crippen molar-refractivity contribution >= 4 is 5.91 Å². The Morgan fingerprint density at radius 2 is 2.17 bits per heavy atom. The first kappa shape index (κ1) is 14.5. The van der Waals surface area contributed by atoms with Crippen LogP contribution in [-0.4, -0.2) is 27.0 Å². The molecule has 0 spiro atoms. The SMILES string of the molecule is NC(=O)CC[C@H](N)C(O)c1ncc(C(F)(F)F)[nH]1. The standard InChI is InChI=1S/C9H13F3N4O2/c10-9(11,12)5-3-15-8(16-5)7(18)4(13)1-2-6(14)17/h3-4,7,18H,1-2,13H2,(H2,14,17)(H,15,16)/t4-,7?/m0/s1. The maximum absolute atomic E-state index is 12.3. The van der Waals surface area contributed by atoms with Crippen molar-refractivity contribution in [2.75, 3.05) is 0 Å². The van der Waals surface area contributed by atoms with Crippen molar-refractivity contribution < 1.29 is 23.1 Å². The zero-order chi connectivity index (χ0) is 13.9. The molecule has 0 fully saturated rings. The monoisotopic (exact) mass is 266 g/mol. The molecule has 0 bridgehead atoms. The van der Waals surface area contributed by atoms with Gasteiger partial charge in [-0.2, -0.15) is 13.2 Å². The molecule has 18 heavy (non-hydrogen) atoms. The van der Waals surface area contributed by atoms with E-state index in [1.807, 2.05) is 4.98 Å². The number of primary amides is 1. The second-order valence-corrected chi connectivity index (χ2v) is 3.79. The van der Waals surface area contributed by atoms with E-state index in [1.54, 1.807) is 0 Å². The van der Waals surface area contributed by atoms with E-state index in [0.717, 1.165) is 0 Å². The van der Waals surface area contributed by atoms with Gasteiger partial charge in [-0.25, -0.2) is 4.98 Å². The number of hydrogen-bond acceptors (Lipinski definition) is 4. The Morgan fingerprint density at radius 3 is 2.61 bits per heavy atom. The summed E-state index contributed by atoms with van der Waals surface area (Å²) < 4.78 is 36.8. The van der Waals surface area contributed by atoms with E-state index >= 15 is 0 Å². The second-order valence-electron chi connectivity index (χ2n) is 3.79. The maximum atomic E-state index is 12.3. The highest BCUT2D eigenvalue weighted by molar-refractivity contribution is 5.73. The lowest BCUT2D eigenvalue weighted by molar-refractivity contribution is -0.141. The van der Waals surface area contributed by atoms with Gasteiger partial charge in [-0.15, -0.1) is 0 Å². The Labute approximate surface area is 100 Å². The van der Waals surface area contributed by atoms with Crippen LogP contribution in [0.2, 0.25) is 0 Å². The molecule has 1 amide bonds. The summed E-state index contributed by atoms with van der Waals surface area (Å²) in [6.07, 6.45) is -5.42. The van der Waals surface area contributed by atoms with Crippen LogP contribution < -0.4 is 11.5 Å². The Balaban J connectivity index is 2.69. The molecule has 0 saturated heterocycles. The molecular formula is C9H13F3N4O2. The topological polar surface area (TPSA) is 118 Å². The van der Waals surface area contributed by atoms with Crippen LogP contribution in [0.15, 0.2) is 6.20 Å².